The molecule has 1 saturated heterocycles. The third-order valence-corrected chi connectivity index (χ3v) is 5.05. The Kier molecular flexibility index (Phi) is 5.70. The highest BCUT2D eigenvalue weighted by Crippen LogP contribution is 2.36. The number of hydrogen-bond acceptors (Lipinski definition) is 4. The SMILES string of the molecule is Cc1cc(CN(C)C(=O)OC(C)(C)C)c(F)cc1B1OC(C)(C)C(C)(C)O1. The lowest BCUT2D eigenvalue weighted by atomic mass is 9.75. The van der Waals surface area contributed by atoms with Crippen molar-refractivity contribution in [1.82, 2.24) is 4.90 Å². The number of ether oxygens (including phenoxy) is 1. The predicted molar refractivity (Wildman–Crippen MR) is 105 cm³/mol. The van der Waals surface area contributed by atoms with E-state index in [1.54, 1.807) is 33.9 Å². The van der Waals surface area contributed by atoms with Crippen LogP contribution in [0.15, 0.2) is 12.1 Å². The molecule has 150 valence electrons. The maximum Gasteiger partial charge on any atom is 0.495 e. The highest BCUT2D eigenvalue weighted by molar-refractivity contribution is 6.62. The van der Waals surface area contributed by atoms with Crippen molar-refractivity contribution in [3.05, 3.63) is 29.1 Å². The lowest BCUT2D eigenvalue weighted by Gasteiger charge is -2.32. The summed E-state index contributed by atoms with van der Waals surface area (Å²) in [6.07, 6.45) is -0.491. The van der Waals surface area contributed by atoms with E-state index in [-0.39, 0.29) is 6.54 Å². The third-order valence-electron chi connectivity index (χ3n) is 5.05. The van der Waals surface area contributed by atoms with Gasteiger partial charge < -0.3 is 18.9 Å². The van der Waals surface area contributed by atoms with Gasteiger partial charge in [0.1, 0.15) is 11.4 Å². The zero-order valence-corrected chi connectivity index (χ0v) is 17.9. The van der Waals surface area contributed by atoms with E-state index < -0.39 is 35.8 Å². The van der Waals surface area contributed by atoms with Gasteiger partial charge in [-0.05, 0) is 66.9 Å². The van der Waals surface area contributed by atoms with Gasteiger partial charge in [-0.1, -0.05) is 11.6 Å². The van der Waals surface area contributed by atoms with Crippen LogP contribution >= 0.6 is 0 Å². The fourth-order valence-corrected chi connectivity index (χ4v) is 2.76. The summed E-state index contributed by atoms with van der Waals surface area (Å²) < 4.78 is 32.1. The first-order valence-electron chi connectivity index (χ1n) is 9.21. The van der Waals surface area contributed by atoms with Crippen LogP contribution in [-0.2, 0) is 20.6 Å². The van der Waals surface area contributed by atoms with Crippen LogP contribution in [0.5, 0.6) is 0 Å². The Morgan fingerprint density at radius 2 is 1.70 bits per heavy atom. The van der Waals surface area contributed by atoms with Gasteiger partial charge in [0.15, 0.2) is 0 Å². The van der Waals surface area contributed by atoms with E-state index in [2.05, 4.69) is 0 Å². The number of aryl methyl sites for hydroxylation is 1. The smallest absolute Gasteiger partial charge is 0.444 e. The molecule has 1 heterocycles. The summed E-state index contributed by atoms with van der Waals surface area (Å²) >= 11 is 0. The summed E-state index contributed by atoms with van der Waals surface area (Å²) in [5, 5.41) is 0. The average Bonchev–Trinajstić information content (AvgIpc) is 2.68. The minimum absolute atomic E-state index is 0.116. The Morgan fingerprint density at radius 3 is 2.19 bits per heavy atom. The normalized spacial score (nSPS) is 18.5. The summed E-state index contributed by atoms with van der Waals surface area (Å²) in [4.78, 5) is 13.5. The van der Waals surface area contributed by atoms with Gasteiger partial charge in [0.25, 0.3) is 0 Å². The summed E-state index contributed by atoms with van der Waals surface area (Å²) in [5.74, 6) is -0.402. The van der Waals surface area contributed by atoms with Crippen molar-refractivity contribution in [3.63, 3.8) is 0 Å². The fraction of sp³-hybridized carbons (Fsp3) is 0.650. The summed E-state index contributed by atoms with van der Waals surface area (Å²) in [7, 11) is 0.965. The van der Waals surface area contributed by atoms with Gasteiger partial charge in [-0.25, -0.2) is 9.18 Å². The first kappa shape index (κ1) is 21.7. The van der Waals surface area contributed by atoms with E-state index in [1.807, 2.05) is 34.6 Å². The Labute approximate surface area is 162 Å². The molecule has 0 N–H and O–H groups in total. The quantitative estimate of drug-likeness (QED) is 0.750. The molecule has 27 heavy (non-hydrogen) atoms. The first-order chi connectivity index (χ1) is 12.1. The Bertz CT molecular complexity index is 711. The van der Waals surface area contributed by atoms with Crippen LogP contribution in [0.3, 0.4) is 0 Å². The van der Waals surface area contributed by atoms with Crippen LogP contribution in [0.1, 0.15) is 59.6 Å². The zero-order chi connectivity index (χ0) is 20.8. The van der Waals surface area contributed by atoms with Gasteiger partial charge in [0.2, 0.25) is 0 Å². The van der Waals surface area contributed by atoms with Gasteiger partial charge in [0.05, 0.1) is 17.7 Å². The van der Waals surface area contributed by atoms with Crippen molar-refractivity contribution in [2.75, 3.05) is 7.05 Å². The molecule has 0 radical (unpaired) electrons. The second kappa shape index (κ2) is 7.10. The number of carbonyl (C=O) groups is 1. The van der Waals surface area contributed by atoms with Gasteiger partial charge in [0, 0.05) is 12.6 Å². The molecule has 1 amide bonds. The van der Waals surface area contributed by atoms with E-state index in [0.717, 1.165) is 5.56 Å². The van der Waals surface area contributed by atoms with Gasteiger partial charge in [-0.3, -0.25) is 0 Å². The largest absolute Gasteiger partial charge is 0.495 e. The number of hydrogen-bond donors (Lipinski definition) is 0. The molecule has 2 rings (SSSR count). The van der Waals surface area contributed by atoms with E-state index in [9.17, 15) is 9.18 Å². The van der Waals surface area contributed by atoms with Crippen molar-refractivity contribution in [3.8, 4) is 0 Å². The molecule has 0 aromatic heterocycles. The monoisotopic (exact) mass is 379 g/mol. The summed E-state index contributed by atoms with van der Waals surface area (Å²) in [6, 6.07) is 3.17. The minimum Gasteiger partial charge on any atom is -0.444 e. The molecule has 1 aliphatic rings. The molecule has 5 nitrogen and oxygen atoms in total. The molecule has 1 aromatic rings. The van der Waals surface area contributed by atoms with Crippen LogP contribution < -0.4 is 5.46 Å². The standard InChI is InChI=1S/C20H31BFNO4/c1-13-10-14(12-23(9)17(24)25-18(2,3)4)16(22)11-15(13)21-26-19(5,6)20(7,8)27-21/h10-11H,12H2,1-9H3. The number of benzene rings is 1. The van der Waals surface area contributed by atoms with Crippen LogP contribution in [0, 0.1) is 12.7 Å². The van der Waals surface area contributed by atoms with Gasteiger partial charge in [-0.2, -0.15) is 0 Å². The molecule has 0 aliphatic carbocycles. The number of carbonyl (C=O) groups excluding carboxylic acids is 1. The third kappa shape index (κ3) is 4.82. The van der Waals surface area contributed by atoms with E-state index in [4.69, 9.17) is 14.0 Å². The lowest BCUT2D eigenvalue weighted by Crippen LogP contribution is -2.41. The first-order valence-corrected chi connectivity index (χ1v) is 9.21. The molecule has 0 saturated carbocycles. The highest BCUT2D eigenvalue weighted by Gasteiger charge is 2.52. The highest BCUT2D eigenvalue weighted by atomic mass is 19.1. The molecule has 0 bridgehead atoms. The van der Waals surface area contributed by atoms with Crippen LogP contribution in [0.4, 0.5) is 9.18 Å². The molecule has 0 unspecified atom stereocenters. The van der Waals surface area contributed by atoms with Crippen LogP contribution in [0.2, 0.25) is 0 Å². The molecule has 1 aliphatic heterocycles. The molecule has 0 spiro atoms. The van der Waals surface area contributed by atoms with E-state index >= 15 is 0 Å². The van der Waals surface area contributed by atoms with E-state index in [1.165, 1.54) is 11.0 Å². The lowest BCUT2D eigenvalue weighted by molar-refractivity contribution is 0.00578. The minimum atomic E-state index is -0.623. The van der Waals surface area contributed by atoms with Gasteiger partial charge in [-0.15, -0.1) is 0 Å². The molecule has 1 aromatic carbocycles. The van der Waals surface area contributed by atoms with Crippen molar-refractivity contribution < 1.29 is 23.2 Å². The summed E-state index contributed by atoms with van der Waals surface area (Å²) in [5.41, 5.74) is 0.353. The predicted octanol–water partition coefficient (Wildman–Crippen LogP) is 3.80. The van der Waals surface area contributed by atoms with Gasteiger partial charge >= 0.3 is 13.2 Å². The molecular weight excluding hydrogens is 348 g/mol. The number of nitrogens with zero attached hydrogens (tertiary/aromatic N) is 1. The maximum atomic E-state index is 14.7. The molecule has 7 heteroatoms. The van der Waals surface area contributed by atoms with Crippen LogP contribution in [0.25, 0.3) is 0 Å². The Morgan fingerprint density at radius 1 is 1.19 bits per heavy atom. The zero-order valence-electron chi connectivity index (χ0n) is 17.9. The molecule has 1 fully saturated rings. The second-order valence-electron chi connectivity index (χ2n) is 9.22. The molecule has 0 atom stereocenters. The number of rotatable bonds is 3. The fourth-order valence-electron chi connectivity index (χ4n) is 2.76. The maximum absolute atomic E-state index is 14.7. The topological polar surface area (TPSA) is 48.0 Å². The van der Waals surface area contributed by atoms with E-state index in [0.29, 0.717) is 11.0 Å². The Hall–Kier alpha value is -1.60. The Balaban J connectivity index is 2.19. The number of halogens is 1. The van der Waals surface area contributed by atoms with Crippen molar-refractivity contribution >= 4 is 18.7 Å². The molecular formula is C20H31BFNO4. The second-order valence-corrected chi connectivity index (χ2v) is 9.22. The van der Waals surface area contributed by atoms with Crippen molar-refractivity contribution in [2.24, 2.45) is 0 Å². The summed E-state index contributed by atoms with van der Waals surface area (Å²) in [6.45, 7) is 15.2. The van der Waals surface area contributed by atoms with Crippen LogP contribution in [-0.4, -0.2) is 42.0 Å². The van der Waals surface area contributed by atoms with Crippen molar-refractivity contribution in [1.29, 1.82) is 0 Å². The van der Waals surface area contributed by atoms with Crippen molar-refractivity contribution in [2.45, 2.75) is 78.7 Å². The average molecular weight is 379 g/mol. The number of amides is 1.